The summed E-state index contributed by atoms with van der Waals surface area (Å²) in [4.78, 5) is 11.7. The first kappa shape index (κ1) is 11.8. The Morgan fingerprint density at radius 3 is 2.33 bits per heavy atom. The normalized spacial score (nSPS) is 12.5. The first-order chi connectivity index (χ1) is 7.09. The van der Waals surface area contributed by atoms with E-state index in [2.05, 4.69) is 19.2 Å². The number of carbonyl (C=O) groups is 1. The molecule has 0 aliphatic heterocycles. The lowest BCUT2D eigenvalue weighted by atomic mass is 10.0. The minimum Gasteiger partial charge on any atom is -0.350 e. The van der Waals surface area contributed by atoms with Gasteiger partial charge in [-0.2, -0.15) is 0 Å². The van der Waals surface area contributed by atoms with E-state index in [0.29, 0.717) is 5.92 Å². The maximum absolute atomic E-state index is 11.7. The van der Waals surface area contributed by atoms with Gasteiger partial charge in [0.25, 0.3) is 5.91 Å². The fraction of sp³-hybridized carbons (Fsp3) is 0.462. The first-order valence-electron chi connectivity index (χ1n) is 5.45. The van der Waals surface area contributed by atoms with Crippen molar-refractivity contribution in [1.29, 1.82) is 0 Å². The van der Waals surface area contributed by atoms with Crippen molar-refractivity contribution in [2.45, 2.75) is 33.2 Å². The van der Waals surface area contributed by atoms with Crippen LogP contribution in [0.2, 0.25) is 0 Å². The summed E-state index contributed by atoms with van der Waals surface area (Å²) in [6.07, 6.45) is 1.01. The van der Waals surface area contributed by atoms with Crippen LogP contribution in [0.5, 0.6) is 0 Å². The molecule has 2 nitrogen and oxygen atoms in total. The zero-order chi connectivity index (χ0) is 11.3. The standard InChI is InChI=1S/C13H19NO/c1-10(2)9-11(3)14-13(15)12-7-5-4-6-8-12/h4-8,10-11H,9H2,1-3H3,(H,14,15)/t11-/m1/s1. The molecule has 0 unspecified atom stereocenters. The van der Waals surface area contributed by atoms with Crippen molar-refractivity contribution in [2.75, 3.05) is 0 Å². The molecule has 1 aromatic carbocycles. The van der Waals surface area contributed by atoms with Crippen LogP contribution in [0.25, 0.3) is 0 Å². The van der Waals surface area contributed by atoms with Gasteiger partial charge in [-0.25, -0.2) is 0 Å². The maximum atomic E-state index is 11.7. The second kappa shape index (κ2) is 5.54. The highest BCUT2D eigenvalue weighted by Gasteiger charge is 2.09. The van der Waals surface area contributed by atoms with E-state index in [1.807, 2.05) is 37.3 Å². The lowest BCUT2D eigenvalue weighted by molar-refractivity contribution is 0.0936. The summed E-state index contributed by atoms with van der Waals surface area (Å²) in [5.74, 6) is 0.625. The molecule has 1 atom stereocenters. The lowest BCUT2D eigenvalue weighted by Gasteiger charge is -2.15. The van der Waals surface area contributed by atoms with E-state index in [4.69, 9.17) is 0 Å². The second-order valence-electron chi connectivity index (χ2n) is 4.37. The monoisotopic (exact) mass is 205 g/mol. The van der Waals surface area contributed by atoms with Crippen LogP contribution in [0.3, 0.4) is 0 Å². The Hall–Kier alpha value is -1.31. The first-order valence-corrected chi connectivity index (χ1v) is 5.45. The Kier molecular flexibility index (Phi) is 4.35. The molecule has 0 aromatic heterocycles. The average molecular weight is 205 g/mol. The highest BCUT2D eigenvalue weighted by Crippen LogP contribution is 2.05. The molecule has 0 radical (unpaired) electrons. The smallest absolute Gasteiger partial charge is 0.251 e. The minimum absolute atomic E-state index is 0.0174. The summed E-state index contributed by atoms with van der Waals surface area (Å²) < 4.78 is 0. The van der Waals surface area contributed by atoms with E-state index in [-0.39, 0.29) is 11.9 Å². The number of benzene rings is 1. The van der Waals surface area contributed by atoms with Crippen molar-refractivity contribution in [3.63, 3.8) is 0 Å². The molecule has 0 saturated heterocycles. The summed E-state index contributed by atoms with van der Waals surface area (Å²) >= 11 is 0. The van der Waals surface area contributed by atoms with Crippen molar-refractivity contribution in [2.24, 2.45) is 5.92 Å². The van der Waals surface area contributed by atoms with Crippen LogP contribution in [0.4, 0.5) is 0 Å². The van der Waals surface area contributed by atoms with Crippen molar-refractivity contribution >= 4 is 5.91 Å². The molecular formula is C13H19NO. The molecule has 1 N–H and O–H groups in total. The number of rotatable bonds is 4. The summed E-state index contributed by atoms with van der Waals surface area (Å²) in [6.45, 7) is 6.36. The van der Waals surface area contributed by atoms with Gasteiger partial charge in [-0.05, 0) is 31.4 Å². The van der Waals surface area contributed by atoms with Gasteiger partial charge < -0.3 is 5.32 Å². The van der Waals surface area contributed by atoms with Gasteiger partial charge in [0.1, 0.15) is 0 Å². The molecule has 0 spiro atoms. The number of nitrogens with one attached hydrogen (secondary N) is 1. The van der Waals surface area contributed by atoms with Crippen LogP contribution in [0.15, 0.2) is 30.3 Å². The Morgan fingerprint density at radius 2 is 1.80 bits per heavy atom. The van der Waals surface area contributed by atoms with Crippen LogP contribution in [0.1, 0.15) is 37.6 Å². The number of hydrogen-bond donors (Lipinski definition) is 1. The number of hydrogen-bond acceptors (Lipinski definition) is 1. The maximum Gasteiger partial charge on any atom is 0.251 e. The molecular weight excluding hydrogens is 186 g/mol. The van der Waals surface area contributed by atoms with Gasteiger partial charge in [0.15, 0.2) is 0 Å². The fourth-order valence-corrected chi connectivity index (χ4v) is 1.66. The van der Waals surface area contributed by atoms with Gasteiger partial charge in [0.2, 0.25) is 0 Å². The summed E-state index contributed by atoms with van der Waals surface area (Å²) in [5, 5.41) is 2.99. The van der Waals surface area contributed by atoms with E-state index < -0.39 is 0 Å². The molecule has 1 rings (SSSR count). The Morgan fingerprint density at radius 1 is 1.20 bits per heavy atom. The molecule has 0 saturated carbocycles. The highest BCUT2D eigenvalue weighted by molar-refractivity contribution is 5.94. The molecule has 15 heavy (non-hydrogen) atoms. The molecule has 0 aliphatic carbocycles. The topological polar surface area (TPSA) is 29.1 Å². The fourth-order valence-electron chi connectivity index (χ4n) is 1.66. The van der Waals surface area contributed by atoms with Crippen LogP contribution in [-0.2, 0) is 0 Å². The predicted molar refractivity (Wildman–Crippen MR) is 62.8 cm³/mol. The predicted octanol–water partition coefficient (Wildman–Crippen LogP) is 2.85. The molecule has 0 bridgehead atoms. The summed E-state index contributed by atoms with van der Waals surface area (Å²) in [7, 11) is 0. The average Bonchev–Trinajstić information content (AvgIpc) is 2.17. The molecule has 0 aliphatic rings. The molecule has 0 fully saturated rings. The Balaban J connectivity index is 2.49. The largest absolute Gasteiger partial charge is 0.350 e. The SMILES string of the molecule is CC(C)C[C@@H](C)NC(=O)c1ccccc1. The molecule has 0 heterocycles. The van der Waals surface area contributed by atoms with Crippen molar-refractivity contribution < 1.29 is 4.79 Å². The van der Waals surface area contributed by atoms with E-state index in [0.717, 1.165) is 12.0 Å². The third-order valence-electron chi connectivity index (χ3n) is 2.24. The lowest BCUT2D eigenvalue weighted by Crippen LogP contribution is -2.33. The number of carbonyl (C=O) groups excluding carboxylic acids is 1. The second-order valence-corrected chi connectivity index (χ2v) is 4.37. The Labute approximate surface area is 91.7 Å². The molecule has 2 heteroatoms. The number of amides is 1. The van der Waals surface area contributed by atoms with Crippen LogP contribution in [-0.4, -0.2) is 11.9 Å². The minimum atomic E-state index is 0.0174. The van der Waals surface area contributed by atoms with Gasteiger partial charge in [0.05, 0.1) is 0 Å². The van der Waals surface area contributed by atoms with E-state index >= 15 is 0 Å². The van der Waals surface area contributed by atoms with E-state index in [1.54, 1.807) is 0 Å². The van der Waals surface area contributed by atoms with Crippen LogP contribution >= 0.6 is 0 Å². The zero-order valence-electron chi connectivity index (χ0n) is 9.66. The van der Waals surface area contributed by atoms with Crippen LogP contribution in [0, 0.1) is 5.92 Å². The summed E-state index contributed by atoms with van der Waals surface area (Å²) in [5.41, 5.74) is 0.730. The summed E-state index contributed by atoms with van der Waals surface area (Å²) in [6, 6.07) is 9.56. The molecule has 82 valence electrons. The van der Waals surface area contributed by atoms with Gasteiger partial charge in [0, 0.05) is 11.6 Å². The van der Waals surface area contributed by atoms with E-state index in [9.17, 15) is 4.79 Å². The highest BCUT2D eigenvalue weighted by atomic mass is 16.1. The third kappa shape index (κ3) is 4.15. The van der Waals surface area contributed by atoms with Gasteiger partial charge >= 0.3 is 0 Å². The van der Waals surface area contributed by atoms with Crippen LogP contribution < -0.4 is 5.32 Å². The van der Waals surface area contributed by atoms with Gasteiger partial charge in [-0.1, -0.05) is 32.0 Å². The van der Waals surface area contributed by atoms with Crippen molar-refractivity contribution in [1.82, 2.24) is 5.32 Å². The molecule has 1 amide bonds. The quantitative estimate of drug-likeness (QED) is 0.804. The van der Waals surface area contributed by atoms with Crippen molar-refractivity contribution in [3.05, 3.63) is 35.9 Å². The van der Waals surface area contributed by atoms with Gasteiger partial charge in [-0.15, -0.1) is 0 Å². The van der Waals surface area contributed by atoms with Gasteiger partial charge in [-0.3, -0.25) is 4.79 Å². The zero-order valence-corrected chi connectivity index (χ0v) is 9.66. The Bertz CT molecular complexity index is 306. The van der Waals surface area contributed by atoms with E-state index in [1.165, 1.54) is 0 Å². The third-order valence-corrected chi connectivity index (χ3v) is 2.24. The molecule has 1 aromatic rings. The van der Waals surface area contributed by atoms with Crippen molar-refractivity contribution in [3.8, 4) is 0 Å².